The lowest BCUT2D eigenvalue weighted by Crippen LogP contribution is -2.73. The van der Waals surface area contributed by atoms with Crippen LogP contribution in [-0.4, -0.2) is 60.7 Å². The minimum atomic E-state index is -0.979. The van der Waals surface area contributed by atoms with Gasteiger partial charge < -0.3 is 28.8 Å². The van der Waals surface area contributed by atoms with E-state index in [0.717, 1.165) is 0 Å². The fourth-order valence-corrected chi connectivity index (χ4v) is 4.41. The van der Waals surface area contributed by atoms with Crippen molar-refractivity contribution in [3.8, 4) is 11.5 Å². The summed E-state index contributed by atoms with van der Waals surface area (Å²) in [6.07, 6.45) is -3.87. The van der Waals surface area contributed by atoms with Crippen molar-refractivity contribution in [2.75, 3.05) is 12.0 Å². The molecule has 1 amide bonds. The van der Waals surface area contributed by atoms with E-state index in [2.05, 4.69) is 0 Å². The maximum atomic E-state index is 13.1. The summed E-state index contributed by atoms with van der Waals surface area (Å²) in [5, 5.41) is 11.0. The molecule has 3 saturated heterocycles. The number of amides is 1. The molecule has 0 bridgehead atoms. The third-order valence-corrected chi connectivity index (χ3v) is 5.84. The molecule has 2 aromatic carbocycles. The highest BCUT2D eigenvalue weighted by atomic mass is 16.8. The predicted molar refractivity (Wildman–Crippen MR) is 110 cm³/mol. The zero-order valence-electron chi connectivity index (χ0n) is 17.5. The maximum absolute atomic E-state index is 13.1. The topological polar surface area (TPSA) is 86.7 Å². The number of carbonyl (C=O) groups excluding carboxylic acids is 1. The molecule has 164 valence electrons. The molecule has 5 rings (SSSR count). The number of aliphatic hydroxyl groups is 1. The molecule has 0 aliphatic carbocycles. The number of anilines is 1. The number of benzene rings is 2. The van der Waals surface area contributed by atoms with Gasteiger partial charge in [0.2, 0.25) is 6.10 Å². The van der Waals surface area contributed by atoms with Crippen LogP contribution in [0.25, 0.3) is 0 Å². The van der Waals surface area contributed by atoms with E-state index < -0.39 is 42.5 Å². The fourth-order valence-electron chi connectivity index (χ4n) is 4.41. The van der Waals surface area contributed by atoms with E-state index >= 15 is 0 Å². The van der Waals surface area contributed by atoms with Gasteiger partial charge >= 0.3 is 0 Å². The van der Waals surface area contributed by atoms with Crippen LogP contribution in [0.15, 0.2) is 54.6 Å². The smallest absolute Gasteiger partial charge is 0.270 e. The Morgan fingerprint density at radius 1 is 0.968 bits per heavy atom. The zero-order chi connectivity index (χ0) is 21.8. The first kappa shape index (κ1) is 20.3. The molecule has 0 unspecified atom stereocenters. The van der Waals surface area contributed by atoms with E-state index in [1.165, 1.54) is 0 Å². The van der Waals surface area contributed by atoms with Crippen LogP contribution in [0.4, 0.5) is 5.69 Å². The second kappa shape index (κ2) is 7.49. The summed E-state index contributed by atoms with van der Waals surface area (Å²) >= 11 is 0. The molecular formula is C23H25NO7. The first-order valence-corrected chi connectivity index (χ1v) is 10.3. The lowest BCUT2D eigenvalue weighted by Gasteiger charge is -2.49. The monoisotopic (exact) mass is 427 g/mol. The van der Waals surface area contributed by atoms with Gasteiger partial charge in [-0.05, 0) is 50.2 Å². The summed E-state index contributed by atoms with van der Waals surface area (Å²) in [6, 6.07) is 15.7. The molecule has 3 aliphatic rings. The highest BCUT2D eigenvalue weighted by Gasteiger charge is 2.63. The summed E-state index contributed by atoms with van der Waals surface area (Å²) in [5.74, 6) is 0.198. The van der Waals surface area contributed by atoms with Crippen LogP contribution in [0.3, 0.4) is 0 Å². The highest BCUT2D eigenvalue weighted by molar-refractivity contribution is 6.05. The largest absolute Gasteiger partial charge is 0.497 e. The predicted octanol–water partition coefficient (Wildman–Crippen LogP) is 2.10. The minimum Gasteiger partial charge on any atom is -0.497 e. The van der Waals surface area contributed by atoms with Crippen molar-refractivity contribution < 1.29 is 33.6 Å². The van der Waals surface area contributed by atoms with Crippen molar-refractivity contribution in [1.29, 1.82) is 0 Å². The third-order valence-electron chi connectivity index (χ3n) is 5.84. The van der Waals surface area contributed by atoms with E-state index in [1.807, 2.05) is 18.2 Å². The number of para-hydroxylation sites is 1. The van der Waals surface area contributed by atoms with Crippen LogP contribution in [0, 0.1) is 0 Å². The van der Waals surface area contributed by atoms with Gasteiger partial charge in [0.1, 0.15) is 35.9 Å². The summed E-state index contributed by atoms with van der Waals surface area (Å²) < 4.78 is 28.9. The van der Waals surface area contributed by atoms with Crippen LogP contribution in [-0.2, 0) is 19.0 Å². The van der Waals surface area contributed by atoms with Crippen LogP contribution in [0.1, 0.15) is 13.8 Å². The molecule has 0 aromatic heterocycles. The zero-order valence-corrected chi connectivity index (χ0v) is 17.5. The molecule has 0 saturated carbocycles. The Balaban J connectivity index is 1.44. The molecule has 3 aliphatic heterocycles. The van der Waals surface area contributed by atoms with Crippen LogP contribution >= 0.6 is 0 Å². The van der Waals surface area contributed by atoms with Crippen LogP contribution in [0.2, 0.25) is 0 Å². The fraction of sp³-hybridized carbons (Fsp3) is 0.435. The van der Waals surface area contributed by atoms with Crippen LogP contribution in [0.5, 0.6) is 11.5 Å². The molecular weight excluding hydrogens is 402 g/mol. The average Bonchev–Trinajstić information content (AvgIpc) is 3.23. The molecule has 0 spiro atoms. The summed E-state index contributed by atoms with van der Waals surface area (Å²) in [7, 11) is 1.58. The lowest BCUT2D eigenvalue weighted by atomic mass is 9.88. The number of rotatable bonds is 5. The van der Waals surface area contributed by atoms with Gasteiger partial charge in [0.05, 0.1) is 7.11 Å². The van der Waals surface area contributed by atoms with Gasteiger partial charge in [-0.1, -0.05) is 18.2 Å². The van der Waals surface area contributed by atoms with E-state index in [9.17, 15) is 9.90 Å². The number of hydrogen-bond donors (Lipinski definition) is 1. The maximum Gasteiger partial charge on any atom is 0.270 e. The van der Waals surface area contributed by atoms with Gasteiger partial charge in [-0.25, -0.2) is 0 Å². The molecule has 8 nitrogen and oxygen atoms in total. The minimum absolute atomic E-state index is 0.214. The normalized spacial score (nSPS) is 33.7. The number of aliphatic hydroxyl groups excluding tert-OH is 1. The van der Waals surface area contributed by atoms with E-state index in [4.69, 9.17) is 23.7 Å². The number of β-lactam (4-membered cyclic amide) rings is 1. The molecule has 3 fully saturated rings. The number of methoxy groups -OCH3 is 1. The van der Waals surface area contributed by atoms with Gasteiger partial charge in [0.15, 0.2) is 12.1 Å². The Labute approximate surface area is 180 Å². The number of carbonyl (C=O) groups is 1. The number of nitrogens with zero attached hydrogens (tertiary/aromatic N) is 1. The van der Waals surface area contributed by atoms with Crippen molar-refractivity contribution in [2.45, 2.75) is 56.4 Å². The second-order valence-electron chi connectivity index (χ2n) is 8.31. The summed E-state index contributed by atoms with van der Waals surface area (Å²) in [6.45, 7) is 3.54. The van der Waals surface area contributed by atoms with Crippen molar-refractivity contribution in [3.05, 3.63) is 54.6 Å². The Hall–Kier alpha value is -2.65. The third kappa shape index (κ3) is 3.45. The van der Waals surface area contributed by atoms with E-state index in [0.29, 0.717) is 17.2 Å². The molecule has 31 heavy (non-hydrogen) atoms. The van der Waals surface area contributed by atoms with Crippen molar-refractivity contribution in [3.63, 3.8) is 0 Å². The van der Waals surface area contributed by atoms with E-state index in [1.54, 1.807) is 62.3 Å². The lowest BCUT2D eigenvalue weighted by molar-refractivity contribution is -0.221. The van der Waals surface area contributed by atoms with Gasteiger partial charge in [0.25, 0.3) is 5.91 Å². The first-order chi connectivity index (χ1) is 14.9. The number of fused-ring (bicyclic) bond motifs is 1. The Morgan fingerprint density at radius 2 is 1.68 bits per heavy atom. The van der Waals surface area contributed by atoms with Gasteiger partial charge in [-0.15, -0.1) is 0 Å². The van der Waals surface area contributed by atoms with E-state index in [-0.39, 0.29) is 5.91 Å². The second-order valence-corrected chi connectivity index (χ2v) is 8.31. The number of hydrogen-bond acceptors (Lipinski definition) is 7. The van der Waals surface area contributed by atoms with Gasteiger partial charge in [-0.2, -0.15) is 0 Å². The van der Waals surface area contributed by atoms with Crippen molar-refractivity contribution >= 4 is 11.6 Å². The standard InChI is InChI=1S/C23H25NO7/c1-23(2)30-20-17(25)18(29-22(20)31-23)16-19(28-15-7-5-4-6-8-15)21(26)24(16)13-9-11-14(27-3)12-10-13/h4-12,16-20,22,25H,1-3H3/t16-,17+,18-,19+,20-,22-/m1/s1. The Morgan fingerprint density at radius 3 is 2.32 bits per heavy atom. The Kier molecular flexibility index (Phi) is 4.90. The highest BCUT2D eigenvalue weighted by Crippen LogP contribution is 2.43. The Bertz CT molecular complexity index is 948. The van der Waals surface area contributed by atoms with Crippen LogP contribution < -0.4 is 14.4 Å². The SMILES string of the molecule is COc1ccc(N2C(=O)[C@@H](Oc3ccccc3)[C@H]2[C@H]2O[C@@H]3OC(C)(C)O[C@@H]3[C@H]2O)cc1. The quantitative estimate of drug-likeness (QED) is 0.732. The van der Waals surface area contributed by atoms with Crippen molar-refractivity contribution in [2.24, 2.45) is 0 Å². The molecule has 0 radical (unpaired) electrons. The molecule has 3 heterocycles. The van der Waals surface area contributed by atoms with Crippen molar-refractivity contribution in [1.82, 2.24) is 0 Å². The molecule has 6 atom stereocenters. The average molecular weight is 427 g/mol. The molecule has 8 heteroatoms. The molecule has 2 aromatic rings. The van der Waals surface area contributed by atoms with Gasteiger partial charge in [0, 0.05) is 5.69 Å². The summed E-state index contributed by atoms with van der Waals surface area (Å²) in [4.78, 5) is 14.7. The summed E-state index contributed by atoms with van der Waals surface area (Å²) in [5.41, 5.74) is 0.665. The van der Waals surface area contributed by atoms with Gasteiger partial charge in [-0.3, -0.25) is 9.69 Å². The number of ether oxygens (including phenoxy) is 5. The molecule has 1 N–H and O–H groups in total. The first-order valence-electron chi connectivity index (χ1n) is 10.3.